The van der Waals surface area contributed by atoms with Crippen molar-refractivity contribution >= 4 is 29.0 Å². The Bertz CT molecular complexity index is 607. The van der Waals surface area contributed by atoms with Crippen molar-refractivity contribution in [2.24, 2.45) is 0 Å². The molecule has 1 unspecified atom stereocenters. The number of hydrogen-bond acceptors (Lipinski definition) is 5. The van der Waals surface area contributed by atoms with Crippen molar-refractivity contribution < 1.29 is 19.0 Å². The molecule has 0 bridgehead atoms. The predicted molar refractivity (Wildman–Crippen MR) is 106 cm³/mol. The molecule has 0 saturated heterocycles. The second-order valence-electron chi connectivity index (χ2n) is 5.79. The van der Waals surface area contributed by atoms with E-state index in [0.29, 0.717) is 43.1 Å². The van der Waals surface area contributed by atoms with Crippen LogP contribution in [-0.4, -0.2) is 52.4 Å². The lowest BCUT2D eigenvalue weighted by atomic mass is 10.0. The Hall–Kier alpha value is -1.11. The minimum Gasteiger partial charge on any atom is -0.490 e. The maximum Gasteiger partial charge on any atom is 0.189 e. The van der Waals surface area contributed by atoms with Gasteiger partial charge in [0, 0.05) is 26.4 Å². The number of methoxy groups -OCH3 is 2. The van der Waals surface area contributed by atoms with Crippen molar-refractivity contribution in [3.63, 3.8) is 0 Å². The van der Waals surface area contributed by atoms with E-state index >= 15 is 0 Å². The zero-order valence-corrected chi connectivity index (χ0v) is 17.1. The third kappa shape index (κ3) is 6.89. The highest BCUT2D eigenvalue weighted by molar-refractivity contribution is 6.45. The summed E-state index contributed by atoms with van der Waals surface area (Å²) in [5, 5.41) is 3.74. The number of Topliss-reactive ketones (excluding diaryl/α,β-unsaturated/α-hetero) is 1. The van der Waals surface area contributed by atoms with Crippen molar-refractivity contribution in [1.82, 2.24) is 5.32 Å². The first-order valence-corrected chi connectivity index (χ1v) is 9.26. The molecule has 1 aromatic rings. The van der Waals surface area contributed by atoms with Gasteiger partial charge in [-0.05, 0) is 37.1 Å². The second kappa shape index (κ2) is 12.3. The van der Waals surface area contributed by atoms with Crippen molar-refractivity contribution in [2.45, 2.75) is 25.8 Å². The largest absolute Gasteiger partial charge is 0.490 e. The highest BCUT2D eigenvalue weighted by atomic mass is 35.5. The third-order valence-electron chi connectivity index (χ3n) is 3.81. The average Bonchev–Trinajstić information content (AvgIpc) is 2.64. The molecule has 1 atom stereocenters. The molecule has 0 aliphatic rings. The molecule has 0 spiro atoms. The lowest BCUT2D eigenvalue weighted by molar-refractivity contribution is 0.103. The maximum absolute atomic E-state index is 12.3. The van der Waals surface area contributed by atoms with Crippen LogP contribution in [0.1, 0.15) is 30.1 Å². The summed E-state index contributed by atoms with van der Waals surface area (Å²) < 4.78 is 16.0. The number of carbonyl (C=O) groups excluding carboxylic acids is 1. The first-order chi connectivity index (χ1) is 12.5. The second-order valence-corrected chi connectivity index (χ2v) is 6.55. The highest BCUT2D eigenvalue weighted by Crippen LogP contribution is 2.35. The molecule has 5 nitrogen and oxygen atoms in total. The molecule has 26 heavy (non-hydrogen) atoms. The molecule has 0 radical (unpaired) electrons. The fourth-order valence-electron chi connectivity index (χ4n) is 2.25. The monoisotopic (exact) mass is 403 g/mol. The predicted octanol–water partition coefficient (Wildman–Crippen LogP) is 4.16. The Labute approximate surface area is 165 Å². The van der Waals surface area contributed by atoms with E-state index in [0.717, 1.165) is 13.0 Å². The molecule has 0 aromatic heterocycles. The maximum atomic E-state index is 12.3. The lowest BCUT2D eigenvalue weighted by Crippen LogP contribution is -2.39. The molecule has 1 aromatic carbocycles. The van der Waals surface area contributed by atoms with Gasteiger partial charge in [0.05, 0.1) is 17.7 Å². The summed E-state index contributed by atoms with van der Waals surface area (Å²) in [5.74, 6) is 0.221. The number of nitrogens with one attached hydrogen (secondary N) is 1. The van der Waals surface area contributed by atoms with Crippen LogP contribution >= 0.6 is 23.2 Å². The van der Waals surface area contributed by atoms with E-state index in [2.05, 4.69) is 11.9 Å². The fraction of sp³-hybridized carbons (Fsp3) is 0.526. The quantitative estimate of drug-likeness (QED) is 0.304. The molecule has 0 aliphatic heterocycles. The van der Waals surface area contributed by atoms with Crippen molar-refractivity contribution in [1.29, 1.82) is 0 Å². The minimum absolute atomic E-state index is 0.00660. The number of carbonyl (C=O) groups is 1. The Morgan fingerprint density at radius 3 is 2.54 bits per heavy atom. The summed E-state index contributed by atoms with van der Waals surface area (Å²) in [4.78, 5) is 12.3. The first-order valence-electron chi connectivity index (χ1n) is 8.50. The van der Waals surface area contributed by atoms with Crippen LogP contribution in [-0.2, 0) is 9.47 Å². The fourth-order valence-corrected chi connectivity index (χ4v) is 2.71. The number of ketones is 1. The SMILES string of the molecule is C=C(CC)C(=O)c1ccc(OCC(COC)NCCCOC)c(Cl)c1Cl. The van der Waals surface area contributed by atoms with E-state index < -0.39 is 0 Å². The summed E-state index contributed by atoms with van der Waals surface area (Å²) in [5.41, 5.74) is 0.819. The molecule has 0 heterocycles. The van der Waals surface area contributed by atoms with E-state index in [1.807, 2.05) is 6.92 Å². The van der Waals surface area contributed by atoms with Crippen LogP contribution in [0.4, 0.5) is 0 Å². The molecular formula is C19H27Cl2NO4. The average molecular weight is 404 g/mol. The molecule has 0 fully saturated rings. The van der Waals surface area contributed by atoms with Crippen LogP contribution in [0.5, 0.6) is 5.75 Å². The molecule has 0 amide bonds. The summed E-state index contributed by atoms with van der Waals surface area (Å²) >= 11 is 12.6. The first kappa shape index (κ1) is 22.9. The third-order valence-corrected chi connectivity index (χ3v) is 4.67. The van der Waals surface area contributed by atoms with E-state index in [1.165, 1.54) is 0 Å². The standard InChI is InChI=1S/C19H27Cl2NO4/c1-5-13(2)19(23)15-7-8-16(18(21)17(15)20)26-12-14(11-25-4)22-9-6-10-24-3/h7-8,14,22H,2,5-6,9-12H2,1,3-4H3. The topological polar surface area (TPSA) is 56.8 Å². The van der Waals surface area contributed by atoms with Gasteiger partial charge in [0.1, 0.15) is 17.4 Å². The number of ether oxygens (including phenoxy) is 3. The lowest BCUT2D eigenvalue weighted by Gasteiger charge is -2.19. The molecular weight excluding hydrogens is 377 g/mol. The van der Waals surface area contributed by atoms with Gasteiger partial charge in [0.15, 0.2) is 5.78 Å². The normalized spacial score (nSPS) is 12.0. The molecule has 0 saturated carbocycles. The van der Waals surface area contributed by atoms with E-state index in [-0.39, 0.29) is 21.9 Å². The molecule has 1 N–H and O–H groups in total. The number of halogens is 2. The molecule has 7 heteroatoms. The van der Waals surface area contributed by atoms with Gasteiger partial charge in [-0.1, -0.05) is 36.7 Å². The summed E-state index contributed by atoms with van der Waals surface area (Å²) in [6.45, 7) is 7.93. The van der Waals surface area contributed by atoms with Crippen LogP contribution in [0.2, 0.25) is 10.0 Å². The Morgan fingerprint density at radius 2 is 1.92 bits per heavy atom. The van der Waals surface area contributed by atoms with Crippen LogP contribution < -0.4 is 10.1 Å². The zero-order chi connectivity index (χ0) is 19.5. The van der Waals surface area contributed by atoms with E-state index in [9.17, 15) is 4.79 Å². The number of benzene rings is 1. The van der Waals surface area contributed by atoms with Gasteiger partial charge in [-0.2, -0.15) is 0 Å². The van der Waals surface area contributed by atoms with Gasteiger partial charge in [-0.25, -0.2) is 0 Å². The Kier molecular flexibility index (Phi) is 10.9. The van der Waals surface area contributed by atoms with Crippen molar-refractivity contribution in [2.75, 3.05) is 40.6 Å². The van der Waals surface area contributed by atoms with E-state index in [4.69, 9.17) is 37.4 Å². The zero-order valence-electron chi connectivity index (χ0n) is 15.6. The molecule has 146 valence electrons. The summed E-state index contributed by atoms with van der Waals surface area (Å²) in [6, 6.07) is 3.26. The number of allylic oxidation sites excluding steroid dienone is 1. The summed E-state index contributed by atoms with van der Waals surface area (Å²) in [7, 11) is 3.31. The van der Waals surface area contributed by atoms with Gasteiger partial charge < -0.3 is 19.5 Å². The molecule has 0 aliphatic carbocycles. The Morgan fingerprint density at radius 1 is 1.19 bits per heavy atom. The number of rotatable bonds is 13. The van der Waals surface area contributed by atoms with Crippen LogP contribution in [0.25, 0.3) is 0 Å². The summed E-state index contributed by atoms with van der Waals surface area (Å²) in [6.07, 6.45) is 1.44. The van der Waals surface area contributed by atoms with Crippen LogP contribution in [0.3, 0.4) is 0 Å². The van der Waals surface area contributed by atoms with Crippen molar-refractivity contribution in [3.05, 3.63) is 39.9 Å². The Balaban J connectivity index is 2.75. The smallest absolute Gasteiger partial charge is 0.189 e. The van der Waals surface area contributed by atoms with Crippen LogP contribution in [0.15, 0.2) is 24.3 Å². The van der Waals surface area contributed by atoms with Gasteiger partial charge >= 0.3 is 0 Å². The van der Waals surface area contributed by atoms with Gasteiger partial charge in [-0.15, -0.1) is 0 Å². The van der Waals surface area contributed by atoms with Crippen molar-refractivity contribution in [3.8, 4) is 5.75 Å². The van der Waals surface area contributed by atoms with Gasteiger partial charge in [0.25, 0.3) is 0 Å². The minimum atomic E-state index is -0.206. The van der Waals surface area contributed by atoms with Gasteiger partial charge in [-0.3, -0.25) is 4.79 Å². The highest BCUT2D eigenvalue weighted by Gasteiger charge is 2.19. The van der Waals surface area contributed by atoms with E-state index in [1.54, 1.807) is 26.4 Å². The van der Waals surface area contributed by atoms with Gasteiger partial charge in [0.2, 0.25) is 0 Å². The number of hydrogen-bond donors (Lipinski definition) is 1. The van der Waals surface area contributed by atoms with Crippen LogP contribution in [0, 0.1) is 0 Å². The molecule has 1 rings (SSSR count).